The average Bonchev–Trinajstić information content (AvgIpc) is 3.21. The van der Waals surface area contributed by atoms with Crippen molar-refractivity contribution in [1.82, 2.24) is 5.32 Å². The van der Waals surface area contributed by atoms with Gasteiger partial charge in [0.1, 0.15) is 0 Å². The van der Waals surface area contributed by atoms with E-state index in [9.17, 15) is 4.79 Å². The van der Waals surface area contributed by atoms with Gasteiger partial charge in [-0.2, -0.15) is 0 Å². The molecule has 0 aromatic heterocycles. The Kier molecular flexibility index (Phi) is 5.44. The summed E-state index contributed by atoms with van der Waals surface area (Å²) in [4.78, 5) is 11.8. The Morgan fingerprint density at radius 1 is 1.43 bits per heavy atom. The zero-order valence-electron chi connectivity index (χ0n) is 12.7. The van der Waals surface area contributed by atoms with E-state index in [-0.39, 0.29) is 18.6 Å². The highest BCUT2D eigenvalue weighted by atomic mass is 16.5. The first-order valence-corrected chi connectivity index (χ1v) is 7.52. The Morgan fingerprint density at radius 2 is 2.19 bits per heavy atom. The number of amides is 1. The molecule has 1 atom stereocenters. The third-order valence-electron chi connectivity index (χ3n) is 3.19. The first-order valence-electron chi connectivity index (χ1n) is 7.52. The van der Waals surface area contributed by atoms with Crippen molar-refractivity contribution in [3.05, 3.63) is 23.8 Å². The van der Waals surface area contributed by atoms with Gasteiger partial charge in [-0.25, -0.2) is 0 Å². The van der Waals surface area contributed by atoms with Gasteiger partial charge in [-0.05, 0) is 44.7 Å². The Labute approximate surface area is 125 Å². The summed E-state index contributed by atoms with van der Waals surface area (Å²) in [6.45, 7) is 4.41. The first-order chi connectivity index (χ1) is 10.1. The molecule has 0 radical (unpaired) electrons. The summed E-state index contributed by atoms with van der Waals surface area (Å²) < 4.78 is 11.3. The molecule has 0 saturated heterocycles. The molecule has 0 spiro atoms. The van der Waals surface area contributed by atoms with E-state index in [1.54, 1.807) is 0 Å². The maximum Gasteiger partial charge on any atom is 0.258 e. The minimum atomic E-state index is -0.0875. The van der Waals surface area contributed by atoms with E-state index in [2.05, 4.69) is 5.32 Å². The largest absolute Gasteiger partial charge is 0.490 e. The number of rotatable bonds is 8. The Balaban J connectivity index is 2.06. The number of para-hydroxylation sites is 1. The van der Waals surface area contributed by atoms with Gasteiger partial charge in [0.05, 0.1) is 6.61 Å². The van der Waals surface area contributed by atoms with Gasteiger partial charge in [-0.1, -0.05) is 12.1 Å². The van der Waals surface area contributed by atoms with Crippen LogP contribution in [0.15, 0.2) is 18.2 Å². The minimum absolute atomic E-state index is 0.00649. The van der Waals surface area contributed by atoms with Crippen LogP contribution in [0.25, 0.3) is 0 Å². The summed E-state index contributed by atoms with van der Waals surface area (Å²) >= 11 is 0. The molecule has 1 amide bonds. The number of ether oxygens (including phenoxy) is 2. The molecule has 3 N–H and O–H groups in total. The maximum absolute atomic E-state index is 11.8. The lowest BCUT2D eigenvalue weighted by atomic mass is 10.1. The van der Waals surface area contributed by atoms with Crippen molar-refractivity contribution < 1.29 is 14.3 Å². The van der Waals surface area contributed by atoms with Crippen molar-refractivity contribution in [1.29, 1.82) is 0 Å². The van der Waals surface area contributed by atoms with Crippen LogP contribution in [-0.4, -0.2) is 31.2 Å². The molecule has 1 unspecified atom stereocenters. The van der Waals surface area contributed by atoms with Crippen LogP contribution in [0.1, 0.15) is 32.3 Å². The quantitative estimate of drug-likeness (QED) is 0.764. The van der Waals surface area contributed by atoms with E-state index >= 15 is 0 Å². The molecular weight excluding hydrogens is 268 g/mol. The molecule has 5 nitrogen and oxygen atoms in total. The van der Waals surface area contributed by atoms with Crippen molar-refractivity contribution >= 4 is 5.91 Å². The number of hydrogen-bond donors (Lipinski definition) is 2. The molecule has 1 aromatic rings. The second-order valence-corrected chi connectivity index (χ2v) is 5.49. The molecule has 1 fully saturated rings. The molecule has 116 valence electrons. The number of carbonyl (C=O) groups excluding carboxylic acids is 1. The van der Waals surface area contributed by atoms with E-state index in [1.165, 1.54) is 0 Å². The molecule has 0 bridgehead atoms. The lowest BCUT2D eigenvalue weighted by molar-refractivity contribution is -0.123. The van der Waals surface area contributed by atoms with Crippen LogP contribution >= 0.6 is 0 Å². The molecular formula is C16H24N2O3. The van der Waals surface area contributed by atoms with Crippen LogP contribution in [0.4, 0.5) is 0 Å². The topological polar surface area (TPSA) is 73.6 Å². The second kappa shape index (κ2) is 7.31. The molecule has 1 aromatic carbocycles. The Hall–Kier alpha value is -1.75. The molecule has 1 aliphatic carbocycles. The zero-order chi connectivity index (χ0) is 15.2. The predicted octanol–water partition coefficient (Wildman–Crippen LogP) is 1.63. The monoisotopic (exact) mass is 292 g/mol. The summed E-state index contributed by atoms with van der Waals surface area (Å²) in [7, 11) is 0. The van der Waals surface area contributed by atoms with Gasteiger partial charge in [0.2, 0.25) is 0 Å². The van der Waals surface area contributed by atoms with Crippen LogP contribution in [-0.2, 0) is 11.2 Å². The number of benzene rings is 1. The summed E-state index contributed by atoms with van der Waals surface area (Å²) in [5.41, 5.74) is 6.84. The van der Waals surface area contributed by atoms with E-state index in [0.29, 0.717) is 30.6 Å². The third-order valence-corrected chi connectivity index (χ3v) is 3.19. The smallest absolute Gasteiger partial charge is 0.258 e. The van der Waals surface area contributed by atoms with Gasteiger partial charge < -0.3 is 20.5 Å². The Bertz CT molecular complexity index is 484. The SMILES string of the molecule is CCOc1cccc(CC(C)N)c1OCC(=O)NC1CC1. The van der Waals surface area contributed by atoms with Crippen LogP contribution < -0.4 is 20.5 Å². The summed E-state index contributed by atoms with van der Waals surface area (Å²) in [6, 6.07) is 6.08. The van der Waals surface area contributed by atoms with Crippen LogP contribution in [0.5, 0.6) is 11.5 Å². The maximum atomic E-state index is 11.8. The fourth-order valence-corrected chi connectivity index (χ4v) is 2.14. The van der Waals surface area contributed by atoms with Gasteiger partial charge in [-0.3, -0.25) is 4.79 Å². The van der Waals surface area contributed by atoms with Crippen molar-refractivity contribution in [2.45, 2.75) is 45.2 Å². The minimum Gasteiger partial charge on any atom is -0.490 e. The third kappa shape index (κ3) is 4.93. The predicted molar refractivity (Wildman–Crippen MR) is 81.6 cm³/mol. The molecule has 2 rings (SSSR count). The highest BCUT2D eigenvalue weighted by molar-refractivity contribution is 5.78. The lowest BCUT2D eigenvalue weighted by Crippen LogP contribution is -2.30. The second-order valence-electron chi connectivity index (χ2n) is 5.49. The molecule has 1 aliphatic rings. The summed E-state index contributed by atoms with van der Waals surface area (Å²) in [5.74, 6) is 1.20. The van der Waals surface area contributed by atoms with E-state index in [0.717, 1.165) is 18.4 Å². The van der Waals surface area contributed by atoms with Crippen LogP contribution in [0.3, 0.4) is 0 Å². The van der Waals surface area contributed by atoms with Crippen LogP contribution in [0.2, 0.25) is 0 Å². The fraction of sp³-hybridized carbons (Fsp3) is 0.562. The highest BCUT2D eigenvalue weighted by Gasteiger charge is 2.23. The molecule has 0 aliphatic heterocycles. The molecule has 5 heteroatoms. The number of nitrogens with one attached hydrogen (secondary N) is 1. The van der Waals surface area contributed by atoms with E-state index in [4.69, 9.17) is 15.2 Å². The highest BCUT2D eigenvalue weighted by Crippen LogP contribution is 2.32. The van der Waals surface area contributed by atoms with Crippen molar-refractivity contribution in [2.24, 2.45) is 5.73 Å². The normalized spacial score (nSPS) is 15.4. The van der Waals surface area contributed by atoms with Gasteiger partial charge in [-0.15, -0.1) is 0 Å². The van der Waals surface area contributed by atoms with Gasteiger partial charge >= 0.3 is 0 Å². The van der Waals surface area contributed by atoms with Crippen molar-refractivity contribution in [3.8, 4) is 11.5 Å². The number of hydrogen-bond acceptors (Lipinski definition) is 4. The van der Waals surface area contributed by atoms with E-state index < -0.39 is 0 Å². The first kappa shape index (κ1) is 15.6. The number of nitrogens with two attached hydrogens (primary N) is 1. The van der Waals surface area contributed by atoms with E-state index in [1.807, 2.05) is 32.0 Å². The van der Waals surface area contributed by atoms with Crippen molar-refractivity contribution in [3.63, 3.8) is 0 Å². The average molecular weight is 292 g/mol. The van der Waals surface area contributed by atoms with Crippen molar-refractivity contribution in [2.75, 3.05) is 13.2 Å². The lowest BCUT2D eigenvalue weighted by Gasteiger charge is -2.17. The molecule has 21 heavy (non-hydrogen) atoms. The standard InChI is InChI=1S/C16H24N2O3/c1-3-20-14-6-4-5-12(9-11(2)17)16(14)21-10-15(19)18-13-7-8-13/h4-6,11,13H,3,7-10,17H2,1-2H3,(H,18,19). The van der Waals surface area contributed by atoms with Gasteiger partial charge in [0, 0.05) is 12.1 Å². The van der Waals surface area contributed by atoms with Crippen LogP contribution in [0, 0.1) is 0 Å². The zero-order valence-corrected chi connectivity index (χ0v) is 12.7. The number of carbonyl (C=O) groups is 1. The molecule has 1 saturated carbocycles. The fourth-order valence-electron chi connectivity index (χ4n) is 2.14. The summed E-state index contributed by atoms with van der Waals surface area (Å²) in [6.07, 6.45) is 2.81. The Morgan fingerprint density at radius 3 is 2.81 bits per heavy atom. The molecule has 0 heterocycles. The van der Waals surface area contributed by atoms with Gasteiger partial charge in [0.25, 0.3) is 5.91 Å². The summed E-state index contributed by atoms with van der Waals surface area (Å²) in [5, 5.41) is 2.91. The van der Waals surface area contributed by atoms with Gasteiger partial charge in [0.15, 0.2) is 18.1 Å².